The number of fused-ring (bicyclic) bond motifs is 1. The molecule has 0 N–H and O–H groups in total. The van der Waals surface area contributed by atoms with Crippen molar-refractivity contribution in [1.29, 1.82) is 0 Å². The van der Waals surface area contributed by atoms with Crippen LogP contribution >= 0.6 is 0 Å². The second kappa shape index (κ2) is 17.0. The minimum atomic E-state index is -4.61. The molecule has 6 aromatic carbocycles. The number of rotatable bonds is 9. The zero-order valence-electron chi connectivity index (χ0n) is 37.1. The van der Waals surface area contributed by atoms with E-state index in [1.165, 1.54) is 24.3 Å². The molecule has 0 radical (unpaired) electrons. The molecule has 0 saturated carbocycles. The Labute approximate surface area is 376 Å². The van der Waals surface area contributed by atoms with E-state index in [0.29, 0.717) is 22.7 Å². The Hall–Kier alpha value is -6.75. The maximum atomic E-state index is 13.8. The monoisotopic (exact) mass is 880 g/mol. The first-order chi connectivity index (χ1) is 30.7. The Morgan fingerprint density at radius 2 is 0.908 bits per heavy atom. The van der Waals surface area contributed by atoms with E-state index in [1.807, 2.05) is 96.3 Å². The van der Waals surface area contributed by atoms with Crippen LogP contribution in [0.4, 0.5) is 26.3 Å². The van der Waals surface area contributed by atoms with Crippen LogP contribution in [-0.4, -0.2) is 17.4 Å². The molecule has 0 bridgehead atoms. The van der Waals surface area contributed by atoms with Gasteiger partial charge in [0.25, 0.3) is 0 Å². The molecule has 0 spiro atoms. The van der Waals surface area contributed by atoms with Gasteiger partial charge in [0.05, 0.1) is 22.5 Å². The van der Waals surface area contributed by atoms with Gasteiger partial charge in [-0.15, -0.1) is 0 Å². The van der Waals surface area contributed by atoms with Crippen molar-refractivity contribution in [2.75, 3.05) is 0 Å². The van der Waals surface area contributed by atoms with E-state index in [9.17, 15) is 26.3 Å². The molecule has 0 unspecified atom stereocenters. The molecule has 65 heavy (non-hydrogen) atoms. The molecule has 2 heterocycles. The fraction of sp³-hybridized carbons (Fsp3) is 0.204. The predicted octanol–water partition coefficient (Wildman–Crippen LogP) is 15.2. The molecule has 1 aliphatic rings. The van der Waals surface area contributed by atoms with Crippen molar-refractivity contribution in [2.45, 2.75) is 71.6 Å². The summed E-state index contributed by atoms with van der Waals surface area (Å²) in [5.41, 5.74) is 8.62. The van der Waals surface area contributed by atoms with E-state index in [1.54, 1.807) is 0 Å². The van der Waals surface area contributed by atoms with Gasteiger partial charge in [-0.1, -0.05) is 145 Å². The van der Waals surface area contributed by atoms with E-state index in [-0.39, 0.29) is 22.3 Å². The van der Waals surface area contributed by atoms with Gasteiger partial charge in [-0.05, 0) is 100 Å². The van der Waals surface area contributed by atoms with E-state index in [0.717, 1.165) is 74.5 Å². The summed E-state index contributed by atoms with van der Waals surface area (Å²) in [5.74, 6) is 0.0566. The van der Waals surface area contributed by atoms with Crippen molar-refractivity contribution in [3.63, 3.8) is 0 Å². The van der Waals surface area contributed by atoms with Crippen LogP contribution in [0.5, 0.6) is 11.5 Å². The quantitative estimate of drug-likeness (QED) is 0.107. The lowest BCUT2D eigenvalue weighted by Crippen LogP contribution is -2.40. The highest BCUT2D eigenvalue weighted by molar-refractivity contribution is 6.46. The van der Waals surface area contributed by atoms with Gasteiger partial charge in [0.1, 0.15) is 11.5 Å². The lowest BCUT2D eigenvalue weighted by atomic mass is 9.86. The first-order valence-corrected chi connectivity index (χ1v) is 21.3. The molecular formula is C54H47BF6N2O2. The van der Waals surface area contributed by atoms with Crippen molar-refractivity contribution in [3.05, 3.63) is 202 Å². The van der Waals surface area contributed by atoms with E-state index >= 15 is 0 Å². The van der Waals surface area contributed by atoms with Crippen molar-refractivity contribution in [1.82, 2.24) is 4.48 Å². The number of hydrogen-bond acceptors (Lipinski definition) is 3. The third kappa shape index (κ3) is 9.42. The second-order valence-electron chi connectivity index (χ2n) is 18.2. The maximum absolute atomic E-state index is 13.8. The SMILES string of the molecule is C/C(=C1/N=C(c2ccccc2)c2ccccc21)c1c(-c2ccc(C(C)(C)C)cc2)cc(-c2ccc(C(C)(C)C)cc2)n1B(Oc1ccc(C(F)(F)F)cc1)Oc1ccc(C(F)(F)F)cc1. The summed E-state index contributed by atoms with van der Waals surface area (Å²) < 4.78 is 98.0. The number of hydrogen-bond donors (Lipinski definition) is 0. The average molecular weight is 881 g/mol. The number of aromatic nitrogens is 1. The van der Waals surface area contributed by atoms with E-state index < -0.39 is 30.7 Å². The lowest BCUT2D eigenvalue weighted by Gasteiger charge is -2.24. The lowest BCUT2D eigenvalue weighted by molar-refractivity contribution is -0.138. The summed E-state index contributed by atoms with van der Waals surface area (Å²) >= 11 is 0. The zero-order valence-corrected chi connectivity index (χ0v) is 37.1. The van der Waals surface area contributed by atoms with Gasteiger partial charge < -0.3 is 13.8 Å². The average Bonchev–Trinajstić information content (AvgIpc) is 3.86. The first-order valence-electron chi connectivity index (χ1n) is 21.3. The minimum Gasteiger partial charge on any atom is -0.507 e. The first kappa shape index (κ1) is 44.8. The number of nitrogens with zero attached hydrogens (tertiary/aromatic N) is 2. The van der Waals surface area contributed by atoms with E-state index in [2.05, 4.69) is 65.8 Å². The van der Waals surface area contributed by atoms with Crippen molar-refractivity contribution in [3.8, 4) is 33.9 Å². The summed E-state index contributed by atoms with van der Waals surface area (Å²) in [7, 11) is -1.50. The summed E-state index contributed by atoms with van der Waals surface area (Å²) in [6.45, 7) is 14.7. The molecule has 0 amide bonds. The van der Waals surface area contributed by atoms with Gasteiger partial charge in [0.15, 0.2) is 0 Å². The predicted molar refractivity (Wildman–Crippen MR) is 249 cm³/mol. The summed E-state index contributed by atoms with van der Waals surface area (Å²) in [6.07, 6.45) is -9.21. The maximum Gasteiger partial charge on any atom is 0.743 e. The molecule has 1 aliphatic heterocycles. The number of aliphatic imine (C=N–C) groups is 1. The summed E-state index contributed by atoms with van der Waals surface area (Å²) in [6, 6.07) is 44.7. The fourth-order valence-corrected chi connectivity index (χ4v) is 8.01. The summed E-state index contributed by atoms with van der Waals surface area (Å²) in [5, 5.41) is 0. The van der Waals surface area contributed by atoms with Crippen LogP contribution in [0.25, 0.3) is 33.7 Å². The fourth-order valence-electron chi connectivity index (χ4n) is 8.01. The molecule has 4 nitrogen and oxygen atoms in total. The standard InChI is InChI=1S/C54H47BF6N2O2/c1-34(48-44-15-11-12-16-45(44)49(62-48)37-13-9-8-10-14-37)50-46(35-17-21-38(22-18-35)51(2,3)4)33-47(36-19-23-39(24-20-36)52(5,6)7)63(50)55(64-42-29-25-40(26-30-42)53(56,57)58)65-43-31-27-41(28-32-43)54(59,60)61/h8-33H,1-7H3/b48-34-. The van der Waals surface area contributed by atoms with Crippen molar-refractivity contribution >= 4 is 24.2 Å². The van der Waals surface area contributed by atoms with Crippen LogP contribution in [0.3, 0.4) is 0 Å². The molecule has 1 aromatic heterocycles. The van der Waals surface area contributed by atoms with Crippen LogP contribution in [0.1, 0.15) is 93.1 Å². The molecule has 330 valence electrons. The van der Waals surface area contributed by atoms with Crippen LogP contribution in [0.2, 0.25) is 0 Å². The van der Waals surface area contributed by atoms with Crippen molar-refractivity contribution in [2.24, 2.45) is 4.99 Å². The number of halogens is 6. The Bertz CT molecular complexity index is 2820. The molecule has 7 aromatic rings. The highest BCUT2D eigenvalue weighted by Gasteiger charge is 2.38. The Kier molecular flexibility index (Phi) is 11.7. The summed E-state index contributed by atoms with van der Waals surface area (Å²) in [4.78, 5) is 5.33. The molecular weight excluding hydrogens is 833 g/mol. The largest absolute Gasteiger partial charge is 0.743 e. The van der Waals surface area contributed by atoms with Crippen LogP contribution in [0.15, 0.2) is 163 Å². The van der Waals surface area contributed by atoms with E-state index in [4.69, 9.17) is 14.3 Å². The van der Waals surface area contributed by atoms with Gasteiger partial charge in [0, 0.05) is 33.6 Å². The highest BCUT2D eigenvalue weighted by atomic mass is 19.4. The number of benzene rings is 6. The molecule has 11 heteroatoms. The Morgan fingerprint density at radius 1 is 0.477 bits per heavy atom. The third-order valence-corrected chi connectivity index (χ3v) is 11.6. The molecule has 0 saturated heterocycles. The normalized spacial score (nSPS) is 13.9. The minimum absolute atomic E-state index is 0.0283. The van der Waals surface area contributed by atoms with Crippen LogP contribution < -0.4 is 9.31 Å². The van der Waals surface area contributed by atoms with Crippen LogP contribution in [-0.2, 0) is 23.2 Å². The van der Waals surface area contributed by atoms with Gasteiger partial charge in [-0.25, -0.2) is 4.99 Å². The van der Waals surface area contributed by atoms with Gasteiger partial charge in [-0.3, -0.25) is 0 Å². The van der Waals surface area contributed by atoms with Gasteiger partial charge >= 0.3 is 19.6 Å². The second-order valence-corrected chi connectivity index (χ2v) is 18.2. The van der Waals surface area contributed by atoms with Gasteiger partial charge in [-0.2, -0.15) is 26.3 Å². The molecule has 0 atom stereocenters. The Morgan fingerprint density at radius 3 is 1.37 bits per heavy atom. The molecule has 0 fully saturated rings. The zero-order chi connectivity index (χ0) is 46.5. The number of alkyl halides is 6. The van der Waals surface area contributed by atoms with Crippen LogP contribution in [0, 0.1) is 0 Å². The third-order valence-electron chi connectivity index (χ3n) is 11.6. The van der Waals surface area contributed by atoms with Gasteiger partial charge in [0.2, 0.25) is 0 Å². The smallest absolute Gasteiger partial charge is 0.507 e. The van der Waals surface area contributed by atoms with Crippen molar-refractivity contribution < 1.29 is 35.7 Å². The Balaban J connectivity index is 1.44. The molecule has 8 rings (SSSR count). The number of allylic oxidation sites excluding steroid dienone is 1. The molecule has 0 aliphatic carbocycles. The topological polar surface area (TPSA) is 35.8 Å². The highest BCUT2D eigenvalue weighted by Crippen LogP contribution is 2.44.